The highest BCUT2D eigenvalue weighted by atomic mass is 32.2. The number of nitrogens with zero attached hydrogens (tertiary/aromatic N) is 3. The molecule has 1 heterocycles. The molecular weight excluding hydrogens is 456 g/mol. The number of anilines is 1. The fraction of sp³-hybridized carbons (Fsp3) is 0.292. The first-order chi connectivity index (χ1) is 15.7. The predicted molar refractivity (Wildman–Crippen MR) is 132 cm³/mol. The molecule has 0 spiro atoms. The number of benzene rings is 2. The lowest BCUT2D eigenvalue weighted by Gasteiger charge is -2.13. The maximum atomic E-state index is 12.9. The van der Waals surface area contributed by atoms with Crippen molar-refractivity contribution in [2.75, 3.05) is 11.1 Å². The lowest BCUT2D eigenvalue weighted by Crippen LogP contribution is -2.16. The van der Waals surface area contributed by atoms with Gasteiger partial charge >= 0.3 is 0 Å². The average molecular weight is 485 g/mol. The normalized spacial score (nSPS) is 11.5. The van der Waals surface area contributed by atoms with Gasteiger partial charge in [-0.3, -0.25) is 4.79 Å². The Labute approximate surface area is 199 Å². The number of aryl methyl sites for hydroxylation is 1. The molecule has 0 aliphatic rings. The Balaban J connectivity index is 1.72. The van der Waals surface area contributed by atoms with Crippen LogP contribution in [0.1, 0.15) is 36.7 Å². The molecule has 0 radical (unpaired) electrons. The van der Waals surface area contributed by atoms with Gasteiger partial charge in [0.25, 0.3) is 0 Å². The Hall–Kier alpha value is -2.91. The van der Waals surface area contributed by atoms with Gasteiger partial charge in [0, 0.05) is 12.2 Å². The van der Waals surface area contributed by atoms with Crippen molar-refractivity contribution in [2.45, 2.75) is 49.0 Å². The van der Waals surface area contributed by atoms with Crippen LogP contribution in [0.5, 0.6) is 0 Å². The molecule has 0 fully saturated rings. The number of aromatic nitrogens is 3. The van der Waals surface area contributed by atoms with Crippen LogP contribution in [-0.4, -0.2) is 34.8 Å². The fourth-order valence-electron chi connectivity index (χ4n) is 3.27. The second-order valence-corrected chi connectivity index (χ2v) is 10.9. The van der Waals surface area contributed by atoms with Crippen molar-refractivity contribution in [1.82, 2.24) is 14.8 Å². The van der Waals surface area contributed by atoms with Crippen molar-refractivity contribution < 1.29 is 13.2 Å². The molecule has 9 heteroatoms. The van der Waals surface area contributed by atoms with Crippen LogP contribution in [0.4, 0.5) is 5.69 Å². The molecule has 1 amide bonds. The molecule has 33 heavy (non-hydrogen) atoms. The molecule has 0 aliphatic heterocycles. The third-order valence-electron chi connectivity index (χ3n) is 4.99. The number of amides is 1. The summed E-state index contributed by atoms with van der Waals surface area (Å²) in [5, 5.41) is 11.7. The topological polar surface area (TPSA) is 93.9 Å². The molecule has 0 saturated heterocycles. The first-order valence-corrected chi connectivity index (χ1v) is 13.2. The second kappa shape index (κ2) is 10.8. The lowest BCUT2D eigenvalue weighted by atomic mass is 10.0. The largest absolute Gasteiger partial charge is 0.325 e. The van der Waals surface area contributed by atoms with E-state index in [4.69, 9.17) is 0 Å². The van der Waals surface area contributed by atoms with Crippen LogP contribution >= 0.6 is 11.8 Å². The van der Waals surface area contributed by atoms with Crippen LogP contribution in [0.3, 0.4) is 0 Å². The van der Waals surface area contributed by atoms with Crippen molar-refractivity contribution in [1.29, 1.82) is 0 Å². The summed E-state index contributed by atoms with van der Waals surface area (Å²) < 4.78 is 27.4. The summed E-state index contributed by atoms with van der Waals surface area (Å²) in [6.45, 7) is 10.1. The third-order valence-corrected chi connectivity index (χ3v) is 7.59. The molecule has 0 bridgehead atoms. The number of hydrogen-bond donors (Lipinski definition) is 1. The number of rotatable bonds is 10. The minimum Gasteiger partial charge on any atom is -0.325 e. The van der Waals surface area contributed by atoms with E-state index in [1.54, 1.807) is 34.9 Å². The van der Waals surface area contributed by atoms with Gasteiger partial charge in [0.05, 0.1) is 10.6 Å². The maximum Gasteiger partial charge on any atom is 0.234 e. The molecule has 3 rings (SSSR count). The van der Waals surface area contributed by atoms with E-state index in [-0.39, 0.29) is 28.2 Å². The van der Waals surface area contributed by atoms with Crippen LogP contribution in [0, 0.1) is 6.92 Å². The number of para-hydroxylation sites is 1. The smallest absolute Gasteiger partial charge is 0.234 e. The molecule has 0 saturated carbocycles. The highest BCUT2D eigenvalue weighted by Gasteiger charge is 2.22. The average Bonchev–Trinajstić information content (AvgIpc) is 3.13. The highest BCUT2D eigenvalue weighted by molar-refractivity contribution is 7.99. The molecule has 174 valence electrons. The molecule has 1 aromatic heterocycles. The van der Waals surface area contributed by atoms with E-state index in [0.717, 1.165) is 16.8 Å². The maximum absolute atomic E-state index is 12.9. The van der Waals surface area contributed by atoms with Crippen molar-refractivity contribution in [3.63, 3.8) is 0 Å². The van der Waals surface area contributed by atoms with Gasteiger partial charge in [-0.15, -0.1) is 16.8 Å². The van der Waals surface area contributed by atoms with Gasteiger partial charge in [-0.2, -0.15) is 0 Å². The van der Waals surface area contributed by atoms with Crippen LogP contribution in [0.15, 0.2) is 71.2 Å². The van der Waals surface area contributed by atoms with E-state index in [9.17, 15) is 13.2 Å². The van der Waals surface area contributed by atoms with Gasteiger partial charge < -0.3 is 9.88 Å². The summed E-state index contributed by atoms with van der Waals surface area (Å²) in [6.07, 6.45) is 1.65. The van der Waals surface area contributed by atoms with E-state index in [1.165, 1.54) is 11.8 Å². The van der Waals surface area contributed by atoms with Crippen LogP contribution in [0.2, 0.25) is 0 Å². The van der Waals surface area contributed by atoms with Gasteiger partial charge in [-0.1, -0.05) is 67.6 Å². The second-order valence-electron chi connectivity index (χ2n) is 7.95. The monoisotopic (exact) mass is 484 g/mol. The predicted octanol–water partition coefficient (Wildman–Crippen LogP) is 4.60. The van der Waals surface area contributed by atoms with Crippen LogP contribution in [-0.2, 0) is 26.9 Å². The summed E-state index contributed by atoms with van der Waals surface area (Å²) >= 11 is 1.21. The van der Waals surface area contributed by atoms with Gasteiger partial charge in [0.1, 0.15) is 11.6 Å². The summed E-state index contributed by atoms with van der Waals surface area (Å²) in [6, 6.07) is 14.4. The van der Waals surface area contributed by atoms with Gasteiger partial charge in [0.15, 0.2) is 15.0 Å². The Morgan fingerprint density at radius 2 is 1.85 bits per heavy atom. The minimum atomic E-state index is -3.59. The van der Waals surface area contributed by atoms with Crippen LogP contribution < -0.4 is 5.32 Å². The van der Waals surface area contributed by atoms with E-state index in [1.807, 2.05) is 31.2 Å². The third kappa shape index (κ3) is 6.33. The molecular formula is C24H28N4O3S2. The van der Waals surface area contributed by atoms with Crippen molar-refractivity contribution in [3.8, 4) is 0 Å². The number of carbonyl (C=O) groups excluding carboxylic acids is 1. The quantitative estimate of drug-likeness (QED) is 0.334. The minimum absolute atomic E-state index is 0.117. The molecule has 0 unspecified atom stereocenters. The molecule has 0 atom stereocenters. The number of carbonyl (C=O) groups is 1. The van der Waals surface area contributed by atoms with E-state index >= 15 is 0 Å². The van der Waals surface area contributed by atoms with E-state index < -0.39 is 9.84 Å². The molecule has 2 aromatic carbocycles. The number of nitrogens with one attached hydrogen (secondary N) is 1. The Bertz CT molecular complexity index is 1230. The lowest BCUT2D eigenvalue weighted by molar-refractivity contribution is -0.113. The standard InChI is InChI=1S/C24H28N4O3S2/c1-5-14-28-22(16-33(30,31)19-12-10-18(4)11-13-19)26-27-24(28)32-15-23(29)25-21-9-7-6-8-20(21)17(2)3/h5-13,17H,1,14-16H2,2-4H3,(H,25,29). The van der Waals surface area contributed by atoms with Crippen molar-refractivity contribution in [3.05, 3.63) is 78.1 Å². The number of allylic oxidation sites excluding steroid dienone is 1. The Morgan fingerprint density at radius 3 is 2.52 bits per heavy atom. The van der Waals surface area contributed by atoms with E-state index in [0.29, 0.717) is 17.5 Å². The summed E-state index contributed by atoms with van der Waals surface area (Å²) in [7, 11) is -3.59. The van der Waals surface area contributed by atoms with Gasteiger partial charge in [0.2, 0.25) is 5.91 Å². The zero-order valence-corrected chi connectivity index (χ0v) is 20.6. The van der Waals surface area contributed by atoms with E-state index in [2.05, 4.69) is 35.9 Å². The Kier molecular flexibility index (Phi) is 8.10. The molecule has 1 N–H and O–H groups in total. The number of thioether (sulfide) groups is 1. The summed E-state index contributed by atoms with van der Waals surface area (Å²) in [4.78, 5) is 12.8. The zero-order valence-electron chi connectivity index (χ0n) is 19.0. The first kappa shape index (κ1) is 24.7. The highest BCUT2D eigenvalue weighted by Crippen LogP contribution is 2.25. The van der Waals surface area contributed by atoms with Crippen molar-refractivity contribution in [2.24, 2.45) is 0 Å². The van der Waals surface area contributed by atoms with Crippen LogP contribution in [0.25, 0.3) is 0 Å². The number of hydrogen-bond acceptors (Lipinski definition) is 6. The molecule has 3 aromatic rings. The SMILES string of the molecule is C=CCn1c(CS(=O)(=O)c2ccc(C)cc2)nnc1SCC(=O)Nc1ccccc1C(C)C. The van der Waals surface area contributed by atoms with Crippen molar-refractivity contribution >= 4 is 33.2 Å². The molecule has 7 nitrogen and oxygen atoms in total. The Morgan fingerprint density at radius 1 is 1.15 bits per heavy atom. The van der Waals surface area contributed by atoms with Gasteiger partial charge in [-0.25, -0.2) is 8.42 Å². The first-order valence-electron chi connectivity index (χ1n) is 10.5. The summed E-state index contributed by atoms with van der Waals surface area (Å²) in [5.41, 5.74) is 2.83. The zero-order chi connectivity index (χ0) is 24.0. The summed E-state index contributed by atoms with van der Waals surface area (Å²) in [5.74, 6) is 0.249. The fourth-order valence-corrected chi connectivity index (χ4v) is 5.31. The van der Waals surface area contributed by atoms with Gasteiger partial charge in [-0.05, 0) is 36.6 Å². The molecule has 0 aliphatic carbocycles. The number of sulfone groups is 1.